The van der Waals surface area contributed by atoms with Gasteiger partial charge in [-0.15, -0.1) is 0 Å². The Hall–Kier alpha value is -3.87. The molecule has 6 rings (SSSR count). The fourth-order valence-electron chi connectivity index (χ4n) is 6.59. The lowest BCUT2D eigenvalue weighted by atomic mass is 10.00. The van der Waals surface area contributed by atoms with E-state index in [2.05, 4.69) is 25.2 Å². The molecule has 2 saturated heterocycles. The van der Waals surface area contributed by atoms with E-state index < -0.39 is 17.6 Å². The number of hydrogen-bond acceptors (Lipinski definition) is 10. The Morgan fingerprint density at radius 1 is 1.16 bits per heavy atom. The molecule has 0 radical (unpaired) electrons. The summed E-state index contributed by atoms with van der Waals surface area (Å²) in [5.74, 6) is -0.0431. The smallest absolute Gasteiger partial charge is 0.324 e. The fraction of sp³-hybridized carbons (Fsp3) is 0.484. The summed E-state index contributed by atoms with van der Waals surface area (Å²) in [7, 11) is 1.90. The highest BCUT2D eigenvalue weighted by Gasteiger charge is 2.55. The van der Waals surface area contributed by atoms with Crippen LogP contribution in [-0.4, -0.2) is 93.0 Å². The number of carboxylic acid groups (broad SMARTS) is 1. The molecular formula is C31H39FN8O3. The minimum absolute atomic E-state index is 0.115. The first-order chi connectivity index (χ1) is 20.8. The second-order valence-electron chi connectivity index (χ2n) is 11.9. The zero-order valence-electron chi connectivity index (χ0n) is 24.4. The normalized spacial score (nSPS) is 22.0. The molecule has 228 valence electrons. The lowest BCUT2D eigenvalue weighted by Crippen LogP contribution is -2.51. The summed E-state index contributed by atoms with van der Waals surface area (Å²) >= 11 is 0. The van der Waals surface area contributed by atoms with Crippen LogP contribution >= 0.6 is 0 Å². The molecule has 0 bridgehead atoms. The van der Waals surface area contributed by atoms with Gasteiger partial charge in [0.05, 0.1) is 17.5 Å². The van der Waals surface area contributed by atoms with Crippen molar-refractivity contribution in [2.75, 3.05) is 48.3 Å². The van der Waals surface area contributed by atoms with Crippen molar-refractivity contribution in [1.29, 1.82) is 0 Å². The molecule has 0 spiro atoms. The van der Waals surface area contributed by atoms with Crippen LogP contribution in [0.1, 0.15) is 38.5 Å². The van der Waals surface area contributed by atoms with Crippen molar-refractivity contribution in [3.63, 3.8) is 0 Å². The molecule has 12 heteroatoms. The second kappa shape index (κ2) is 12.0. The highest BCUT2D eigenvalue weighted by Crippen LogP contribution is 2.44. The Balaban J connectivity index is 1.13. The lowest BCUT2D eigenvalue weighted by Gasteiger charge is -2.40. The first-order valence-electron chi connectivity index (χ1n) is 15.0. The van der Waals surface area contributed by atoms with Crippen LogP contribution in [0.4, 0.5) is 27.5 Å². The third kappa shape index (κ3) is 5.86. The monoisotopic (exact) mass is 590 g/mol. The van der Waals surface area contributed by atoms with Crippen molar-refractivity contribution >= 4 is 29.1 Å². The van der Waals surface area contributed by atoms with Gasteiger partial charge in [0, 0.05) is 62.9 Å². The van der Waals surface area contributed by atoms with Crippen molar-refractivity contribution < 1.29 is 19.4 Å². The standard InChI is InChI=1S/C31H39FN8O3/c1-38(22-7-13-39(14-8-22)31(9-10-31)29(42)43)26-4-2-3-25(28(26)32)37-27-15-20(6-12-34-27)21-17-35-30(36-18-21)40-19-24(41)16-23(40)5-11-33/h2-4,6,12,15,17-18,22-24,41H,5,7-11,13-14,16,19,33H2,1H3,(H,34,37)(H,42,43). The van der Waals surface area contributed by atoms with E-state index in [1.54, 1.807) is 30.7 Å². The van der Waals surface area contributed by atoms with Gasteiger partial charge in [0.2, 0.25) is 5.95 Å². The van der Waals surface area contributed by atoms with E-state index in [9.17, 15) is 15.0 Å². The topological polar surface area (TPSA) is 144 Å². The number of pyridine rings is 1. The molecule has 5 N–H and O–H groups in total. The van der Waals surface area contributed by atoms with Gasteiger partial charge in [0.1, 0.15) is 11.4 Å². The van der Waals surface area contributed by atoms with Crippen LogP contribution in [-0.2, 0) is 4.79 Å². The van der Waals surface area contributed by atoms with Gasteiger partial charge in [-0.2, -0.15) is 0 Å². The predicted molar refractivity (Wildman–Crippen MR) is 163 cm³/mol. The molecule has 1 saturated carbocycles. The molecular weight excluding hydrogens is 551 g/mol. The predicted octanol–water partition coefficient (Wildman–Crippen LogP) is 3.23. The van der Waals surface area contributed by atoms with E-state index in [1.165, 1.54) is 0 Å². The Morgan fingerprint density at radius 3 is 2.58 bits per heavy atom. The van der Waals surface area contributed by atoms with Crippen molar-refractivity contribution in [2.45, 2.75) is 62.3 Å². The Labute approximate surface area is 250 Å². The summed E-state index contributed by atoms with van der Waals surface area (Å²) in [4.78, 5) is 31.3. The number of halogens is 1. The van der Waals surface area contributed by atoms with Gasteiger partial charge in [-0.05, 0) is 74.9 Å². The lowest BCUT2D eigenvalue weighted by molar-refractivity contribution is -0.145. The van der Waals surface area contributed by atoms with Gasteiger partial charge in [0.15, 0.2) is 5.82 Å². The maximum Gasteiger partial charge on any atom is 0.324 e. The number of anilines is 4. The molecule has 11 nitrogen and oxygen atoms in total. The first kappa shape index (κ1) is 29.2. The maximum absolute atomic E-state index is 15.8. The molecule has 1 aromatic carbocycles. The summed E-state index contributed by atoms with van der Waals surface area (Å²) in [5.41, 5.74) is 7.50. The number of aliphatic hydroxyl groups is 1. The van der Waals surface area contributed by atoms with Crippen molar-refractivity contribution in [1.82, 2.24) is 19.9 Å². The van der Waals surface area contributed by atoms with Gasteiger partial charge < -0.3 is 31.1 Å². The highest BCUT2D eigenvalue weighted by atomic mass is 19.1. The number of piperidine rings is 1. The minimum Gasteiger partial charge on any atom is -0.480 e. The number of aliphatic hydroxyl groups excluding tert-OH is 1. The van der Waals surface area contributed by atoms with E-state index in [0.717, 1.165) is 30.4 Å². The average Bonchev–Trinajstić information content (AvgIpc) is 3.76. The van der Waals surface area contributed by atoms with Gasteiger partial charge >= 0.3 is 5.97 Å². The Bertz CT molecular complexity index is 1450. The number of aromatic nitrogens is 3. The van der Waals surface area contributed by atoms with Crippen LogP contribution in [0.15, 0.2) is 48.9 Å². The molecule has 3 fully saturated rings. The van der Waals surface area contributed by atoms with E-state index in [0.29, 0.717) is 68.6 Å². The van der Waals surface area contributed by atoms with Gasteiger partial charge in [-0.3, -0.25) is 9.69 Å². The number of carboxylic acids is 1. The largest absolute Gasteiger partial charge is 0.480 e. The molecule has 4 heterocycles. The van der Waals surface area contributed by atoms with Gasteiger partial charge in [0.25, 0.3) is 0 Å². The Morgan fingerprint density at radius 2 is 1.91 bits per heavy atom. The van der Waals surface area contributed by atoms with Gasteiger partial charge in [-0.25, -0.2) is 19.3 Å². The van der Waals surface area contributed by atoms with E-state index in [4.69, 9.17) is 5.73 Å². The van der Waals surface area contributed by atoms with E-state index >= 15 is 4.39 Å². The minimum atomic E-state index is -0.731. The molecule has 2 aliphatic heterocycles. The Kier molecular flexibility index (Phi) is 8.17. The van der Waals surface area contributed by atoms with E-state index in [1.807, 2.05) is 35.0 Å². The van der Waals surface area contributed by atoms with Crippen molar-refractivity contribution in [3.05, 3.63) is 54.7 Å². The summed E-state index contributed by atoms with van der Waals surface area (Å²) < 4.78 is 15.8. The molecule has 3 aliphatic rings. The number of nitrogens with zero attached hydrogens (tertiary/aromatic N) is 6. The van der Waals surface area contributed by atoms with Crippen molar-refractivity contribution in [2.24, 2.45) is 5.73 Å². The summed E-state index contributed by atoms with van der Waals surface area (Å²) in [6.07, 6.45) is 9.12. The number of hydrogen-bond donors (Lipinski definition) is 4. The number of nitrogens with one attached hydrogen (secondary N) is 1. The summed E-state index contributed by atoms with van der Waals surface area (Å²) in [5, 5.41) is 22.9. The number of β-amino-alcohol motifs (C(OH)–C–C–N with tert-alkyl or cyclic N) is 1. The number of nitrogens with two attached hydrogens (primary N) is 1. The second-order valence-corrected chi connectivity index (χ2v) is 11.9. The first-order valence-corrected chi connectivity index (χ1v) is 15.0. The number of carbonyl (C=O) groups is 1. The van der Waals surface area contributed by atoms with E-state index in [-0.39, 0.29) is 17.9 Å². The third-order valence-electron chi connectivity index (χ3n) is 9.24. The summed E-state index contributed by atoms with van der Waals surface area (Å²) in [6, 6.07) is 9.19. The van der Waals surface area contributed by atoms with Crippen molar-refractivity contribution in [3.8, 4) is 11.1 Å². The third-order valence-corrected chi connectivity index (χ3v) is 9.24. The molecule has 2 aromatic heterocycles. The number of benzene rings is 1. The fourth-order valence-corrected chi connectivity index (χ4v) is 6.59. The van der Waals surface area contributed by atoms with Crippen LogP contribution in [0.2, 0.25) is 0 Å². The summed E-state index contributed by atoms with van der Waals surface area (Å²) in [6.45, 7) is 2.40. The SMILES string of the molecule is CN(c1cccc(Nc2cc(-c3cnc(N4CC(O)CC4CCN)nc3)ccn2)c1F)C1CCN(C2(C(=O)O)CC2)CC1. The van der Waals surface area contributed by atoms with Crippen LogP contribution in [0.3, 0.4) is 0 Å². The molecule has 2 atom stereocenters. The number of rotatable bonds is 10. The van der Waals surface area contributed by atoms with Crippen LogP contribution in [0.25, 0.3) is 11.1 Å². The maximum atomic E-state index is 15.8. The molecule has 0 amide bonds. The van der Waals surface area contributed by atoms with Crippen LogP contribution < -0.4 is 20.9 Å². The molecule has 1 aliphatic carbocycles. The zero-order valence-corrected chi connectivity index (χ0v) is 24.4. The number of aliphatic carboxylic acids is 1. The zero-order chi connectivity index (χ0) is 30.1. The molecule has 2 unspecified atom stereocenters. The quantitative estimate of drug-likeness (QED) is 0.276. The number of likely N-dealkylation sites (tertiary alicyclic amines) is 1. The molecule has 43 heavy (non-hydrogen) atoms. The van der Waals surface area contributed by atoms with Crippen LogP contribution in [0, 0.1) is 5.82 Å². The van der Waals surface area contributed by atoms with Crippen LogP contribution in [0.5, 0.6) is 0 Å². The molecule has 3 aromatic rings. The average molecular weight is 591 g/mol. The van der Waals surface area contributed by atoms with Gasteiger partial charge in [-0.1, -0.05) is 6.07 Å². The highest BCUT2D eigenvalue weighted by molar-refractivity contribution is 5.82.